The first-order valence-electron chi connectivity index (χ1n) is 13.2. The molecule has 0 spiro atoms. The molecule has 2 aromatic rings. The number of nitrogens with one attached hydrogen (secondary N) is 2. The lowest BCUT2D eigenvalue weighted by Crippen LogP contribution is -2.54. The summed E-state index contributed by atoms with van der Waals surface area (Å²) < 4.78 is 5.47. The van der Waals surface area contributed by atoms with Crippen LogP contribution in [0.2, 0.25) is 0 Å². The number of rotatable bonds is 11. The first-order chi connectivity index (χ1) is 18.0. The van der Waals surface area contributed by atoms with Crippen LogP contribution in [0.3, 0.4) is 0 Å². The Morgan fingerprint density at radius 2 is 1.71 bits per heavy atom. The molecule has 0 aliphatic heterocycles. The third-order valence-electron chi connectivity index (χ3n) is 6.60. The van der Waals surface area contributed by atoms with Crippen molar-refractivity contribution in [1.82, 2.24) is 15.5 Å². The zero-order valence-electron chi connectivity index (χ0n) is 23.3. The summed E-state index contributed by atoms with van der Waals surface area (Å²) in [6.07, 6.45) is 2.56. The molecule has 4 atom stereocenters. The maximum absolute atomic E-state index is 14.2. The van der Waals surface area contributed by atoms with Crippen molar-refractivity contribution in [3.8, 4) is 0 Å². The van der Waals surface area contributed by atoms with Crippen molar-refractivity contribution in [3.05, 3.63) is 71.3 Å². The molecule has 1 saturated carbocycles. The second-order valence-corrected chi connectivity index (χ2v) is 12.0. The lowest BCUT2D eigenvalue weighted by Gasteiger charge is -2.35. The number of hydrogen-bond donors (Lipinski definition) is 2. The Balaban J connectivity index is 1.96. The van der Waals surface area contributed by atoms with E-state index in [0.29, 0.717) is 18.7 Å². The van der Waals surface area contributed by atoms with E-state index >= 15 is 0 Å². The Bertz CT molecular complexity index is 1100. The number of alkyl carbamates (subject to hydrolysis) is 1. The predicted molar refractivity (Wildman–Crippen MR) is 153 cm³/mol. The van der Waals surface area contributed by atoms with Gasteiger partial charge >= 0.3 is 6.09 Å². The largest absolute Gasteiger partial charge is 0.444 e. The number of ether oxygens (including phenoxy) is 1. The van der Waals surface area contributed by atoms with Gasteiger partial charge in [-0.25, -0.2) is 4.79 Å². The van der Waals surface area contributed by atoms with Gasteiger partial charge in [-0.3, -0.25) is 9.59 Å². The van der Waals surface area contributed by atoms with E-state index in [1.807, 2.05) is 67.8 Å². The second kappa shape index (κ2) is 13.2. The van der Waals surface area contributed by atoms with E-state index in [-0.39, 0.29) is 23.8 Å². The maximum Gasteiger partial charge on any atom is 0.408 e. The van der Waals surface area contributed by atoms with E-state index < -0.39 is 23.8 Å². The van der Waals surface area contributed by atoms with Crippen molar-refractivity contribution in [2.45, 2.75) is 77.7 Å². The Morgan fingerprint density at radius 1 is 1.08 bits per heavy atom. The predicted octanol–water partition coefficient (Wildman–Crippen LogP) is 5.24. The third kappa shape index (κ3) is 8.25. The molecular formula is C30H41N3O4S. The Kier molecular flexibility index (Phi) is 10.3. The summed E-state index contributed by atoms with van der Waals surface area (Å²) in [6, 6.07) is 15.7. The van der Waals surface area contributed by atoms with E-state index in [1.54, 1.807) is 37.4 Å². The highest BCUT2D eigenvalue weighted by atomic mass is 32.2. The number of nitrogens with zero attached hydrogens (tertiary/aromatic N) is 1. The Morgan fingerprint density at radius 3 is 2.29 bits per heavy atom. The van der Waals surface area contributed by atoms with E-state index in [0.717, 1.165) is 23.1 Å². The summed E-state index contributed by atoms with van der Waals surface area (Å²) in [5, 5.41) is 5.87. The molecule has 7 nitrogen and oxygen atoms in total. The van der Waals surface area contributed by atoms with Crippen LogP contribution < -0.4 is 10.6 Å². The SMILES string of the molecule is CSCCC(NC(=O)OC(C)(C)C)C(=O)N(C(C(=O)NCc1ccccc1)c1ccccc1C)C1CC1C. The number of aryl methyl sites for hydroxylation is 1. The quantitative estimate of drug-likeness (QED) is 0.408. The van der Waals surface area contributed by atoms with E-state index in [4.69, 9.17) is 4.74 Å². The van der Waals surface area contributed by atoms with Gasteiger partial charge in [0.25, 0.3) is 0 Å². The molecule has 2 aromatic carbocycles. The summed E-state index contributed by atoms with van der Waals surface area (Å²) in [5.41, 5.74) is 2.00. The normalized spacial score (nSPS) is 18.2. The van der Waals surface area contributed by atoms with Gasteiger partial charge in [-0.15, -0.1) is 0 Å². The van der Waals surface area contributed by atoms with Crippen LogP contribution in [0.15, 0.2) is 54.6 Å². The minimum atomic E-state index is -0.820. The van der Waals surface area contributed by atoms with Crippen LogP contribution in [-0.4, -0.2) is 52.5 Å². The molecule has 0 aromatic heterocycles. The van der Waals surface area contributed by atoms with E-state index in [9.17, 15) is 14.4 Å². The lowest BCUT2D eigenvalue weighted by molar-refractivity contribution is -0.143. The summed E-state index contributed by atoms with van der Waals surface area (Å²) >= 11 is 1.60. The van der Waals surface area contributed by atoms with Crippen LogP contribution in [0, 0.1) is 12.8 Å². The average Bonchev–Trinajstić information content (AvgIpc) is 3.58. The van der Waals surface area contributed by atoms with Crippen molar-refractivity contribution in [2.75, 3.05) is 12.0 Å². The molecule has 38 heavy (non-hydrogen) atoms. The average molecular weight is 540 g/mol. The smallest absolute Gasteiger partial charge is 0.408 e. The molecule has 4 unspecified atom stereocenters. The Labute approximate surface area is 231 Å². The first-order valence-corrected chi connectivity index (χ1v) is 14.6. The van der Waals surface area contributed by atoms with Crippen LogP contribution >= 0.6 is 11.8 Å². The van der Waals surface area contributed by atoms with Crippen LogP contribution in [0.5, 0.6) is 0 Å². The van der Waals surface area contributed by atoms with Crippen LogP contribution in [0.1, 0.15) is 63.3 Å². The van der Waals surface area contributed by atoms with Gasteiger partial charge in [0.1, 0.15) is 17.7 Å². The van der Waals surface area contributed by atoms with E-state index in [2.05, 4.69) is 17.6 Å². The van der Waals surface area contributed by atoms with Crippen molar-refractivity contribution < 1.29 is 19.1 Å². The molecule has 3 rings (SSSR count). The molecule has 206 valence electrons. The first kappa shape index (κ1) is 29.6. The molecule has 1 fully saturated rings. The fourth-order valence-corrected chi connectivity index (χ4v) is 4.96. The molecule has 0 saturated heterocycles. The number of benzene rings is 2. The third-order valence-corrected chi connectivity index (χ3v) is 7.24. The van der Waals surface area contributed by atoms with Crippen molar-refractivity contribution in [2.24, 2.45) is 5.92 Å². The summed E-state index contributed by atoms with van der Waals surface area (Å²) in [6.45, 7) is 9.75. The molecule has 1 aliphatic carbocycles. The zero-order chi connectivity index (χ0) is 27.9. The monoisotopic (exact) mass is 539 g/mol. The zero-order valence-corrected chi connectivity index (χ0v) is 24.1. The molecule has 8 heteroatoms. The minimum absolute atomic E-state index is 0.0909. The van der Waals surface area contributed by atoms with Gasteiger partial charge in [0.05, 0.1) is 0 Å². The number of thioether (sulfide) groups is 1. The fraction of sp³-hybridized carbons (Fsp3) is 0.500. The second-order valence-electron chi connectivity index (χ2n) is 11.0. The van der Waals surface area contributed by atoms with Crippen molar-refractivity contribution in [1.29, 1.82) is 0 Å². The van der Waals surface area contributed by atoms with Crippen LogP contribution in [0.4, 0.5) is 4.79 Å². The van der Waals surface area contributed by atoms with Gasteiger partial charge in [0.15, 0.2) is 0 Å². The fourth-order valence-electron chi connectivity index (χ4n) is 4.49. The van der Waals surface area contributed by atoms with Gasteiger partial charge in [-0.2, -0.15) is 11.8 Å². The lowest BCUT2D eigenvalue weighted by atomic mass is 9.97. The highest BCUT2D eigenvalue weighted by Gasteiger charge is 2.48. The van der Waals surface area contributed by atoms with Gasteiger partial charge in [0, 0.05) is 12.6 Å². The van der Waals surface area contributed by atoms with Crippen LogP contribution in [-0.2, 0) is 20.9 Å². The minimum Gasteiger partial charge on any atom is -0.444 e. The Hall–Kier alpha value is -3.00. The summed E-state index contributed by atoms with van der Waals surface area (Å²) in [4.78, 5) is 42.6. The van der Waals surface area contributed by atoms with Gasteiger partial charge in [0.2, 0.25) is 11.8 Å². The van der Waals surface area contributed by atoms with Gasteiger partial charge in [-0.05, 0) is 75.2 Å². The summed E-state index contributed by atoms with van der Waals surface area (Å²) in [7, 11) is 0. The van der Waals surface area contributed by atoms with Gasteiger partial charge < -0.3 is 20.3 Å². The highest BCUT2D eigenvalue weighted by Crippen LogP contribution is 2.41. The number of hydrogen-bond acceptors (Lipinski definition) is 5. The molecule has 1 aliphatic rings. The molecule has 0 heterocycles. The number of carbonyl (C=O) groups is 3. The number of amides is 3. The van der Waals surface area contributed by atoms with Crippen LogP contribution in [0.25, 0.3) is 0 Å². The number of carbonyl (C=O) groups excluding carboxylic acids is 3. The van der Waals surface area contributed by atoms with E-state index in [1.165, 1.54) is 0 Å². The van der Waals surface area contributed by atoms with Crippen molar-refractivity contribution in [3.63, 3.8) is 0 Å². The molecular weight excluding hydrogens is 498 g/mol. The molecule has 2 N–H and O–H groups in total. The van der Waals surface area contributed by atoms with Crippen molar-refractivity contribution >= 4 is 29.7 Å². The highest BCUT2D eigenvalue weighted by molar-refractivity contribution is 7.98. The summed E-state index contributed by atoms with van der Waals surface area (Å²) in [5.74, 6) is 0.434. The molecule has 0 bridgehead atoms. The van der Waals surface area contributed by atoms with Gasteiger partial charge in [-0.1, -0.05) is 61.5 Å². The molecule has 0 radical (unpaired) electrons. The standard InChI is InChI=1S/C30H41N3O4S/c1-20-12-10-11-15-23(20)26(27(34)31-19-22-13-8-7-9-14-22)33(25-18-21(25)2)28(35)24(16-17-38-6)32-29(36)37-30(3,4)5/h7-15,21,24-26H,16-19H2,1-6H3,(H,31,34)(H,32,36). The molecule has 3 amide bonds. The topological polar surface area (TPSA) is 87.7 Å². The maximum atomic E-state index is 14.2.